The summed E-state index contributed by atoms with van der Waals surface area (Å²) in [5, 5.41) is 3.98. The van der Waals surface area contributed by atoms with Crippen molar-refractivity contribution >= 4 is 5.97 Å². The topological polar surface area (TPSA) is 79.1 Å². The number of pyridine rings is 1. The van der Waals surface area contributed by atoms with E-state index in [4.69, 9.17) is 9.47 Å². The van der Waals surface area contributed by atoms with Gasteiger partial charge in [-0.15, -0.1) is 5.10 Å². The van der Waals surface area contributed by atoms with Crippen LogP contribution >= 0.6 is 0 Å². The Bertz CT molecular complexity index is 614. The molecular weight excluding hydrogens is 267 g/mol. The number of rotatable bonds is 5. The molecule has 0 N–H and O–H groups in total. The zero-order valence-electron chi connectivity index (χ0n) is 11.0. The van der Waals surface area contributed by atoms with Crippen LogP contribution < -0.4 is 4.74 Å². The predicted molar refractivity (Wildman–Crippen MR) is 66.3 cm³/mol. The van der Waals surface area contributed by atoms with Crippen molar-refractivity contribution in [2.24, 2.45) is 7.05 Å². The van der Waals surface area contributed by atoms with Crippen LogP contribution in [0.5, 0.6) is 6.01 Å². The predicted octanol–water partition coefficient (Wildman–Crippen LogP) is 0.958. The Morgan fingerprint density at radius 1 is 1.50 bits per heavy atom. The van der Waals surface area contributed by atoms with Crippen LogP contribution in [0.4, 0.5) is 4.39 Å². The summed E-state index contributed by atoms with van der Waals surface area (Å²) in [4.78, 5) is 18.7. The number of carbonyl (C=O) groups excluding carboxylic acids is 1. The SMILES string of the molecule is CCOC(=O)COc1nc(-c2ccnc(F)c2)n(C)n1. The molecule has 0 aliphatic rings. The maximum absolute atomic E-state index is 13.1. The van der Waals surface area contributed by atoms with E-state index in [1.165, 1.54) is 16.9 Å². The highest BCUT2D eigenvalue weighted by molar-refractivity contribution is 5.70. The zero-order valence-corrected chi connectivity index (χ0v) is 11.0. The van der Waals surface area contributed by atoms with Gasteiger partial charge in [-0.25, -0.2) is 14.5 Å². The van der Waals surface area contributed by atoms with E-state index in [9.17, 15) is 9.18 Å². The van der Waals surface area contributed by atoms with E-state index >= 15 is 0 Å². The van der Waals surface area contributed by atoms with Gasteiger partial charge in [0.1, 0.15) is 0 Å². The lowest BCUT2D eigenvalue weighted by atomic mass is 10.2. The first kappa shape index (κ1) is 13.9. The Labute approximate surface area is 114 Å². The quantitative estimate of drug-likeness (QED) is 0.599. The minimum atomic E-state index is -0.612. The summed E-state index contributed by atoms with van der Waals surface area (Å²) < 4.78 is 24.3. The van der Waals surface area contributed by atoms with E-state index in [0.717, 1.165) is 0 Å². The third kappa shape index (κ3) is 3.28. The summed E-state index contributed by atoms with van der Waals surface area (Å²) in [6.07, 6.45) is 1.33. The van der Waals surface area contributed by atoms with Crippen LogP contribution in [0.3, 0.4) is 0 Å². The Kier molecular flexibility index (Phi) is 4.24. The molecule has 0 unspecified atom stereocenters. The summed E-state index contributed by atoms with van der Waals surface area (Å²) in [5.41, 5.74) is 0.512. The average molecular weight is 280 g/mol. The molecule has 2 aromatic heterocycles. The van der Waals surface area contributed by atoms with E-state index < -0.39 is 11.9 Å². The molecule has 0 bridgehead atoms. The molecule has 0 radical (unpaired) electrons. The Morgan fingerprint density at radius 3 is 3.00 bits per heavy atom. The van der Waals surface area contributed by atoms with Gasteiger partial charge in [0.2, 0.25) is 5.95 Å². The highest BCUT2D eigenvalue weighted by Gasteiger charge is 2.13. The standard InChI is InChI=1S/C12H13FN4O3/c1-3-19-10(18)7-20-12-15-11(17(2)16-12)8-4-5-14-9(13)6-8/h4-6H,3,7H2,1-2H3. The Hall–Kier alpha value is -2.51. The van der Waals surface area contributed by atoms with Crippen molar-refractivity contribution in [1.82, 2.24) is 19.7 Å². The molecule has 7 nitrogen and oxygen atoms in total. The average Bonchev–Trinajstić information content (AvgIpc) is 2.78. The molecule has 2 rings (SSSR count). The molecular formula is C12H13FN4O3. The normalized spacial score (nSPS) is 10.3. The van der Waals surface area contributed by atoms with Gasteiger partial charge >= 0.3 is 12.0 Å². The van der Waals surface area contributed by atoms with Crippen LogP contribution in [0, 0.1) is 5.95 Å². The second kappa shape index (κ2) is 6.09. The number of nitrogens with zero attached hydrogens (tertiary/aromatic N) is 4. The second-order valence-electron chi connectivity index (χ2n) is 3.80. The summed E-state index contributed by atoms with van der Waals surface area (Å²) >= 11 is 0. The van der Waals surface area contributed by atoms with Crippen LogP contribution in [0.25, 0.3) is 11.4 Å². The summed E-state index contributed by atoms with van der Waals surface area (Å²) in [6.45, 7) is 1.70. The molecule has 2 heterocycles. The molecule has 0 saturated carbocycles. The number of aromatic nitrogens is 4. The minimum absolute atomic E-state index is 0.0211. The number of ether oxygens (including phenoxy) is 2. The third-order valence-electron chi connectivity index (χ3n) is 2.35. The Balaban J connectivity index is 2.12. The molecule has 0 aliphatic heterocycles. The fourth-order valence-corrected chi connectivity index (χ4v) is 1.54. The largest absolute Gasteiger partial charge is 0.463 e. The zero-order chi connectivity index (χ0) is 14.5. The van der Waals surface area contributed by atoms with Crippen molar-refractivity contribution in [2.45, 2.75) is 6.92 Å². The maximum Gasteiger partial charge on any atom is 0.344 e. The first-order valence-electron chi connectivity index (χ1n) is 5.91. The maximum atomic E-state index is 13.1. The molecule has 0 aliphatic carbocycles. The first-order valence-corrected chi connectivity index (χ1v) is 5.91. The molecule has 0 fully saturated rings. The molecule has 0 spiro atoms. The van der Waals surface area contributed by atoms with Gasteiger partial charge in [-0.3, -0.25) is 0 Å². The smallest absolute Gasteiger partial charge is 0.344 e. The fraction of sp³-hybridized carbons (Fsp3) is 0.333. The van der Waals surface area contributed by atoms with Crippen molar-refractivity contribution in [3.8, 4) is 17.4 Å². The number of hydrogen-bond donors (Lipinski definition) is 0. The summed E-state index contributed by atoms with van der Waals surface area (Å²) in [5.74, 6) is -0.707. The molecule has 106 valence electrons. The van der Waals surface area contributed by atoms with Crippen molar-refractivity contribution in [3.05, 3.63) is 24.3 Å². The Morgan fingerprint density at radius 2 is 2.30 bits per heavy atom. The van der Waals surface area contributed by atoms with Crippen molar-refractivity contribution in [1.29, 1.82) is 0 Å². The summed E-state index contributed by atoms with van der Waals surface area (Å²) in [7, 11) is 1.64. The first-order chi connectivity index (χ1) is 9.60. The van der Waals surface area contributed by atoms with Gasteiger partial charge < -0.3 is 9.47 Å². The monoisotopic (exact) mass is 280 g/mol. The number of halogens is 1. The van der Waals surface area contributed by atoms with Gasteiger partial charge in [0, 0.05) is 24.9 Å². The minimum Gasteiger partial charge on any atom is -0.463 e. The van der Waals surface area contributed by atoms with Gasteiger partial charge in [-0.1, -0.05) is 0 Å². The van der Waals surface area contributed by atoms with Gasteiger partial charge in [0.05, 0.1) is 6.61 Å². The molecule has 0 amide bonds. The van der Waals surface area contributed by atoms with Crippen molar-refractivity contribution in [2.75, 3.05) is 13.2 Å². The number of hydrogen-bond acceptors (Lipinski definition) is 6. The number of carbonyl (C=O) groups is 1. The molecule has 0 aromatic carbocycles. The molecule has 20 heavy (non-hydrogen) atoms. The van der Waals surface area contributed by atoms with Crippen LogP contribution in [0.15, 0.2) is 18.3 Å². The van der Waals surface area contributed by atoms with E-state index in [0.29, 0.717) is 11.4 Å². The van der Waals surface area contributed by atoms with Crippen LogP contribution in [-0.4, -0.2) is 38.9 Å². The summed E-state index contributed by atoms with van der Waals surface area (Å²) in [6, 6.07) is 2.86. The van der Waals surface area contributed by atoms with E-state index in [1.54, 1.807) is 20.0 Å². The van der Waals surface area contributed by atoms with Crippen molar-refractivity contribution < 1.29 is 18.7 Å². The van der Waals surface area contributed by atoms with E-state index in [1.807, 2.05) is 0 Å². The van der Waals surface area contributed by atoms with Crippen LogP contribution in [0.1, 0.15) is 6.92 Å². The van der Waals surface area contributed by atoms with Gasteiger partial charge in [-0.05, 0) is 13.0 Å². The van der Waals surface area contributed by atoms with Gasteiger partial charge in [0.25, 0.3) is 0 Å². The highest BCUT2D eigenvalue weighted by Crippen LogP contribution is 2.18. The van der Waals surface area contributed by atoms with Crippen LogP contribution in [-0.2, 0) is 16.6 Å². The van der Waals surface area contributed by atoms with Gasteiger partial charge in [-0.2, -0.15) is 9.37 Å². The van der Waals surface area contributed by atoms with Gasteiger partial charge in [0.15, 0.2) is 12.4 Å². The van der Waals surface area contributed by atoms with E-state index in [-0.39, 0.29) is 19.2 Å². The lowest BCUT2D eigenvalue weighted by Gasteiger charge is -2.00. The highest BCUT2D eigenvalue weighted by atomic mass is 19.1. The molecule has 0 atom stereocenters. The number of esters is 1. The van der Waals surface area contributed by atoms with Crippen LogP contribution in [0.2, 0.25) is 0 Å². The number of aryl methyl sites for hydroxylation is 1. The fourth-order valence-electron chi connectivity index (χ4n) is 1.54. The molecule has 8 heteroatoms. The molecule has 0 saturated heterocycles. The third-order valence-corrected chi connectivity index (χ3v) is 2.35. The lowest BCUT2D eigenvalue weighted by Crippen LogP contribution is -2.15. The molecule has 2 aromatic rings. The van der Waals surface area contributed by atoms with Crippen molar-refractivity contribution in [3.63, 3.8) is 0 Å². The second-order valence-corrected chi connectivity index (χ2v) is 3.80. The lowest BCUT2D eigenvalue weighted by molar-refractivity contribution is -0.145. The van der Waals surface area contributed by atoms with E-state index in [2.05, 4.69) is 15.1 Å².